The van der Waals surface area contributed by atoms with Crippen LogP contribution in [0, 0.1) is 13.8 Å². The van der Waals surface area contributed by atoms with Crippen molar-refractivity contribution in [1.29, 1.82) is 0 Å². The standard InChI is InChI=1S/C22H28N4O4/c1-12-10-16(8-9-29-12)23-17-5-4-15(21-13(2)26-30-14(21)3)11-19(17)25-22(28)18-6-7-20(27)24-18/h4-5,11-12,16,18,23H,6-10H2,1-3H3,(H,24,27)(H,25,28). The molecule has 0 saturated carbocycles. The highest BCUT2D eigenvalue weighted by atomic mass is 16.5. The molecule has 0 spiro atoms. The van der Waals surface area contributed by atoms with Crippen LogP contribution in [0.25, 0.3) is 11.1 Å². The maximum Gasteiger partial charge on any atom is 0.247 e. The summed E-state index contributed by atoms with van der Waals surface area (Å²) in [4.78, 5) is 24.3. The van der Waals surface area contributed by atoms with Gasteiger partial charge in [-0.05, 0) is 57.7 Å². The number of ether oxygens (including phenoxy) is 1. The molecule has 1 aromatic carbocycles. The molecule has 160 valence electrons. The molecule has 2 aromatic rings. The fourth-order valence-corrected chi connectivity index (χ4v) is 4.20. The fourth-order valence-electron chi connectivity index (χ4n) is 4.20. The number of hydrogen-bond acceptors (Lipinski definition) is 6. The van der Waals surface area contributed by atoms with Crippen molar-refractivity contribution in [3.63, 3.8) is 0 Å². The van der Waals surface area contributed by atoms with Crippen molar-refractivity contribution in [2.24, 2.45) is 0 Å². The average Bonchev–Trinajstić information content (AvgIpc) is 3.29. The third kappa shape index (κ3) is 4.33. The number of carbonyl (C=O) groups excluding carboxylic acids is 2. The summed E-state index contributed by atoms with van der Waals surface area (Å²) in [6.45, 7) is 6.55. The number of benzene rings is 1. The summed E-state index contributed by atoms with van der Waals surface area (Å²) >= 11 is 0. The number of aryl methyl sites for hydroxylation is 2. The van der Waals surface area contributed by atoms with Crippen molar-refractivity contribution >= 4 is 23.2 Å². The Kier molecular flexibility index (Phi) is 5.76. The van der Waals surface area contributed by atoms with Crippen molar-refractivity contribution in [2.45, 2.75) is 64.6 Å². The van der Waals surface area contributed by atoms with Crippen LogP contribution in [0.2, 0.25) is 0 Å². The minimum atomic E-state index is -0.504. The molecule has 30 heavy (non-hydrogen) atoms. The second-order valence-electron chi connectivity index (χ2n) is 8.15. The first kappa shape index (κ1) is 20.4. The average molecular weight is 412 g/mol. The molecule has 4 rings (SSSR count). The molecule has 3 N–H and O–H groups in total. The Hall–Kier alpha value is -2.87. The van der Waals surface area contributed by atoms with Crippen LogP contribution in [0.5, 0.6) is 0 Å². The smallest absolute Gasteiger partial charge is 0.247 e. The van der Waals surface area contributed by atoms with E-state index in [-0.39, 0.29) is 24.0 Å². The SMILES string of the molecule is Cc1noc(C)c1-c1ccc(NC2CCOC(C)C2)c(NC(=O)C2CCC(=O)N2)c1. The van der Waals surface area contributed by atoms with Gasteiger partial charge in [0, 0.05) is 24.6 Å². The predicted molar refractivity (Wildman–Crippen MR) is 113 cm³/mol. The van der Waals surface area contributed by atoms with E-state index in [1.165, 1.54) is 0 Å². The Morgan fingerprint density at radius 1 is 1.23 bits per heavy atom. The zero-order chi connectivity index (χ0) is 21.3. The van der Waals surface area contributed by atoms with Gasteiger partial charge in [-0.1, -0.05) is 11.2 Å². The Morgan fingerprint density at radius 3 is 2.73 bits per heavy atom. The van der Waals surface area contributed by atoms with Crippen LogP contribution in [0.15, 0.2) is 22.7 Å². The number of nitrogens with zero attached hydrogens (tertiary/aromatic N) is 1. The maximum absolute atomic E-state index is 12.8. The van der Waals surface area contributed by atoms with Crippen LogP contribution >= 0.6 is 0 Å². The van der Waals surface area contributed by atoms with Gasteiger partial charge < -0.3 is 25.2 Å². The Balaban J connectivity index is 1.62. The van der Waals surface area contributed by atoms with E-state index in [4.69, 9.17) is 9.26 Å². The summed E-state index contributed by atoms with van der Waals surface area (Å²) in [7, 11) is 0. The molecule has 8 nitrogen and oxygen atoms in total. The number of anilines is 2. The van der Waals surface area contributed by atoms with Gasteiger partial charge in [-0.15, -0.1) is 0 Å². The van der Waals surface area contributed by atoms with Crippen LogP contribution < -0.4 is 16.0 Å². The van der Waals surface area contributed by atoms with E-state index >= 15 is 0 Å². The number of aromatic nitrogens is 1. The minimum absolute atomic E-state index is 0.0887. The number of rotatable bonds is 5. The van der Waals surface area contributed by atoms with Gasteiger partial charge in [0.25, 0.3) is 0 Å². The first-order valence-electron chi connectivity index (χ1n) is 10.5. The lowest BCUT2D eigenvalue weighted by Crippen LogP contribution is -2.37. The topological polar surface area (TPSA) is 105 Å². The quantitative estimate of drug-likeness (QED) is 0.697. The maximum atomic E-state index is 12.8. The summed E-state index contributed by atoms with van der Waals surface area (Å²) < 4.78 is 11.0. The normalized spacial score (nSPS) is 23.8. The van der Waals surface area contributed by atoms with Crippen molar-refractivity contribution in [3.8, 4) is 11.1 Å². The lowest BCUT2D eigenvalue weighted by atomic mass is 10.0. The first-order chi connectivity index (χ1) is 14.4. The molecule has 3 heterocycles. The predicted octanol–water partition coefficient (Wildman–Crippen LogP) is 3.15. The van der Waals surface area contributed by atoms with Crippen LogP contribution in [0.3, 0.4) is 0 Å². The number of carbonyl (C=O) groups is 2. The van der Waals surface area contributed by atoms with Gasteiger partial charge in [-0.3, -0.25) is 9.59 Å². The molecule has 1 aromatic heterocycles. The Morgan fingerprint density at radius 2 is 2.07 bits per heavy atom. The van der Waals surface area contributed by atoms with Crippen molar-refractivity contribution in [1.82, 2.24) is 10.5 Å². The van der Waals surface area contributed by atoms with E-state index in [2.05, 4.69) is 28.0 Å². The van der Waals surface area contributed by atoms with Crippen molar-refractivity contribution in [3.05, 3.63) is 29.7 Å². The van der Waals surface area contributed by atoms with Gasteiger partial charge in [0.05, 0.1) is 23.2 Å². The monoisotopic (exact) mass is 412 g/mol. The largest absolute Gasteiger partial charge is 0.380 e. The highest BCUT2D eigenvalue weighted by Crippen LogP contribution is 2.34. The molecule has 3 unspecified atom stereocenters. The van der Waals surface area contributed by atoms with Gasteiger partial charge >= 0.3 is 0 Å². The lowest BCUT2D eigenvalue weighted by molar-refractivity contribution is -0.122. The van der Waals surface area contributed by atoms with E-state index < -0.39 is 6.04 Å². The molecular weight excluding hydrogens is 384 g/mol. The van der Waals surface area contributed by atoms with Crippen molar-refractivity contribution < 1.29 is 18.8 Å². The van der Waals surface area contributed by atoms with Gasteiger partial charge in [-0.2, -0.15) is 0 Å². The molecule has 2 saturated heterocycles. The molecule has 3 atom stereocenters. The highest BCUT2D eigenvalue weighted by Gasteiger charge is 2.28. The van der Waals surface area contributed by atoms with E-state index in [0.717, 1.165) is 41.1 Å². The van der Waals surface area contributed by atoms with Crippen LogP contribution in [0.1, 0.15) is 44.1 Å². The molecule has 2 amide bonds. The zero-order valence-corrected chi connectivity index (χ0v) is 17.6. The Bertz CT molecular complexity index is 935. The molecular formula is C22H28N4O4. The van der Waals surface area contributed by atoms with Crippen LogP contribution in [0.4, 0.5) is 11.4 Å². The first-order valence-corrected chi connectivity index (χ1v) is 10.5. The summed E-state index contributed by atoms with van der Waals surface area (Å²) in [5.41, 5.74) is 4.17. The number of nitrogens with one attached hydrogen (secondary N) is 3. The fraction of sp³-hybridized carbons (Fsp3) is 0.500. The highest BCUT2D eigenvalue weighted by molar-refractivity contribution is 6.01. The summed E-state index contributed by atoms with van der Waals surface area (Å²) in [6.07, 6.45) is 2.89. The second-order valence-corrected chi connectivity index (χ2v) is 8.15. The molecule has 8 heteroatoms. The third-order valence-corrected chi connectivity index (χ3v) is 5.76. The number of hydrogen-bond donors (Lipinski definition) is 3. The third-order valence-electron chi connectivity index (χ3n) is 5.76. The van der Waals surface area contributed by atoms with E-state index in [0.29, 0.717) is 25.1 Å². The van der Waals surface area contributed by atoms with E-state index in [1.54, 1.807) is 0 Å². The lowest BCUT2D eigenvalue weighted by Gasteiger charge is -2.29. The summed E-state index contributed by atoms with van der Waals surface area (Å²) in [6, 6.07) is 5.68. The van der Waals surface area contributed by atoms with Crippen molar-refractivity contribution in [2.75, 3.05) is 17.2 Å². The molecule has 0 radical (unpaired) electrons. The number of amides is 2. The van der Waals surface area contributed by atoms with Gasteiger partial charge in [0.15, 0.2) is 0 Å². The second kappa shape index (κ2) is 8.47. The van der Waals surface area contributed by atoms with Gasteiger partial charge in [0.1, 0.15) is 11.8 Å². The molecule has 2 aliphatic heterocycles. The summed E-state index contributed by atoms with van der Waals surface area (Å²) in [5.74, 6) is 0.432. The van der Waals surface area contributed by atoms with Gasteiger partial charge in [-0.25, -0.2) is 0 Å². The zero-order valence-electron chi connectivity index (χ0n) is 17.6. The van der Waals surface area contributed by atoms with Gasteiger partial charge in [0.2, 0.25) is 11.8 Å². The molecule has 0 aliphatic carbocycles. The summed E-state index contributed by atoms with van der Waals surface area (Å²) in [5, 5.41) is 13.3. The Labute approximate surface area is 175 Å². The molecule has 0 bridgehead atoms. The molecule has 2 aliphatic rings. The van der Waals surface area contributed by atoms with Crippen LogP contribution in [-0.2, 0) is 14.3 Å². The van der Waals surface area contributed by atoms with E-state index in [1.807, 2.05) is 32.0 Å². The molecule has 2 fully saturated rings. The van der Waals surface area contributed by atoms with Crippen LogP contribution in [-0.4, -0.2) is 41.8 Å². The van der Waals surface area contributed by atoms with E-state index in [9.17, 15) is 9.59 Å². The minimum Gasteiger partial charge on any atom is -0.380 e.